The van der Waals surface area contributed by atoms with E-state index in [1.165, 1.54) is 24.7 Å². The zero-order valence-electron chi connectivity index (χ0n) is 12.4. The van der Waals surface area contributed by atoms with E-state index in [2.05, 4.69) is 4.98 Å². The zero-order valence-corrected chi connectivity index (χ0v) is 13.2. The Morgan fingerprint density at radius 2 is 1.83 bits per heavy atom. The van der Waals surface area contributed by atoms with E-state index in [0.717, 1.165) is 24.3 Å². The van der Waals surface area contributed by atoms with Crippen molar-refractivity contribution in [1.29, 1.82) is 0 Å². The number of aromatic nitrogens is 2. The van der Waals surface area contributed by atoms with Crippen LogP contribution in [0.4, 0.5) is 13.2 Å². The van der Waals surface area contributed by atoms with Gasteiger partial charge in [-0.1, -0.05) is 12.1 Å². The molecule has 23 heavy (non-hydrogen) atoms. The lowest BCUT2D eigenvalue weighted by Crippen LogP contribution is -2.16. The van der Waals surface area contributed by atoms with Crippen molar-refractivity contribution in [2.75, 3.05) is 0 Å². The highest BCUT2D eigenvalue weighted by Crippen LogP contribution is 2.32. The molecule has 126 valence electrons. The molecule has 0 amide bonds. The molecular formula is C14H15F3N2O3S. The topological polar surface area (TPSA) is 72.2 Å². The summed E-state index contributed by atoms with van der Waals surface area (Å²) in [4.78, 5) is 3.80. The van der Waals surface area contributed by atoms with Crippen LogP contribution in [0.3, 0.4) is 0 Å². The molecule has 0 radical (unpaired) electrons. The van der Waals surface area contributed by atoms with Crippen LogP contribution in [0.5, 0.6) is 0 Å². The molecule has 0 aliphatic heterocycles. The molecule has 0 spiro atoms. The Morgan fingerprint density at radius 1 is 1.26 bits per heavy atom. The fourth-order valence-electron chi connectivity index (χ4n) is 2.12. The van der Waals surface area contributed by atoms with E-state index >= 15 is 0 Å². The molecule has 2 aromatic rings. The van der Waals surface area contributed by atoms with Crippen molar-refractivity contribution in [2.24, 2.45) is 7.05 Å². The van der Waals surface area contributed by atoms with Gasteiger partial charge in [0.05, 0.1) is 29.3 Å². The average molecular weight is 348 g/mol. The minimum Gasteiger partial charge on any atom is -0.390 e. The summed E-state index contributed by atoms with van der Waals surface area (Å²) in [7, 11) is -2.45. The van der Waals surface area contributed by atoms with Crippen molar-refractivity contribution >= 4 is 9.84 Å². The Morgan fingerprint density at radius 3 is 2.26 bits per heavy atom. The monoisotopic (exact) mass is 348 g/mol. The van der Waals surface area contributed by atoms with Crippen LogP contribution in [0.2, 0.25) is 0 Å². The van der Waals surface area contributed by atoms with Gasteiger partial charge in [-0.15, -0.1) is 0 Å². The molecule has 5 nitrogen and oxygen atoms in total. The Hall–Kier alpha value is -1.87. The molecule has 1 atom stereocenters. The molecule has 1 aromatic carbocycles. The normalized spacial score (nSPS) is 14.0. The van der Waals surface area contributed by atoms with E-state index in [1.807, 2.05) is 0 Å². The largest absolute Gasteiger partial charge is 0.416 e. The maximum Gasteiger partial charge on any atom is 0.416 e. The number of rotatable bonds is 4. The van der Waals surface area contributed by atoms with Crippen molar-refractivity contribution in [1.82, 2.24) is 9.55 Å². The van der Waals surface area contributed by atoms with E-state index in [1.54, 1.807) is 0 Å². The highest BCUT2D eigenvalue weighted by atomic mass is 32.2. The van der Waals surface area contributed by atoms with Crippen LogP contribution >= 0.6 is 0 Å². The van der Waals surface area contributed by atoms with Crippen LogP contribution in [0.15, 0.2) is 35.6 Å². The van der Waals surface area contributed by atoms with Gasteiger partial charge in [-0.25, -0.2) is 13.4 Å². The van der Waals surface area contributed by atoms with Gasteiger partial charge >= 0.3 is 6.18 Å². The molecular weight excluding hydrogens is 333 g/mol. The van der Waals surface area contributed by atoms with Gasteiger partial charge in [-0.2, -0.15) is 13.2 Å². The van der Waals surface area contributed by atoms with Crippen molar-refractivity contribution in [2.45, 2.75) is 30.1 Å². The number of halogens is 3. The van der Waals surface area contributed by atoms with Gasteiger partial charge in [-0.3, -0.25) is 0 Å². The van der Waals surface area contributed by atoms with Crippen molar-refractivity contribution in [3.8, 4) is 0 Å². The van der Waals surface area contributed by atoms with E-state index in [0.29, 0.717) is 5.69 Å². The van der Waals surface area contributed by atoms with Gasteiger partial charge in [0.1, 0.15) is 0 Å². The second-order valence-corrected chi connectivity index (χ2v) is 7.22. The van der Waals surface area contributed by atoms with Gasteiger partial charge in [0, 0.05) is 7.05 Å². The lowest BCUT2D eigenvalue weighted by atomic mass is 10.1. The second-order valence-electron chi connectivity index (χ2n) is 5.06. The molecule has 0 bridgehead atoms. The molecule has 0 saturated heterocycles. The van der Waals surface area contributed by atoms with Crippen LogP contribution in [0, 0.1) is 0 Å². The summed E-state index contributed by atoms with van der Waals surface area (Å²) in [5.74, 6) is 0. The third kappa shape index (κ3) is 3.25. The standard InChI is InChI=1S/C14H15F3N2O3S/c1-9(10-3-5-11(6-4-10)14(15,16)17)23(21,22)13-18-7-12(8-20)19(13)2/h3-7,9,20H,8H2,1-2H3. The third-order valence-electron chi connectivity index (χ3n) is 3.63. The summed E-state index contributed by atoms with van der Waals surface area (Å²) in [5.41, 5.74) is -0.292. The molecule has 9 heteroatoms. The third-order valence-corrected chi connectivity index (χ3v) is 5.72. The number of sulfone groups is 1. The van der Waals surface area contributed by atoms with Crippen LogP contribution in [0.1, 0.15) is 29.0 Å². The first-order valence-corrected chi connectivity index (χ1v) is 8.16. The zero-order chi connectivity index (χ0) is 17.4. The second kappa shape index (κ2) is 5.97. The number of nitrogens with zero attached hydrogens (tertiary/aromatic N) is 2. The molecule has 0 aliphatic rings. The van der Waals surface area contributed by atoms with Crippen LogP contribution in [-0.4, -0.2) is 23.1 Å². The Kier molecular flexibility index (Phi) is 4.54. The summed E-state index contributed by atoms with van der Waals surface area (Å²) in [6.45, 7) is 1.01. The van der Waals surface area contributed by atoms with Gasteiger partial charge < -0.3 is 9.67 Å². The predicted octanol–water partition coefficient (Wildman–Crippen LogP) is 2.47. The van der Waals surface area contributed by atoms with E-state index in [4.69, 9.17) is 5.11 Å². The Labute approximate surface area is 131 Å². The summed E-state index contributed by atoms with van der Waals surface area (Å²) < 4.78 is 64.1. The number of benzene rings is 1. The molecule has 1 heterocycles. The molecule has 2 rings (SSSR count). The summed E-state index contributed by atoms with van der Waals surface area (Å²) >= 11 is 0. The van der Waals surface area contributed by atoms with Crippen molar-refractivity contribution < 1.29 is 26.7 Å². The predicted molar refractivity (Wildman–Crippen MR) is 76.2 cm³/mol. The summed E-state index contributed by atoms with van der Waals surface area (Å²) in [6, 6.07) is 3.97. The lowest BCUT2D eigenvalue weighted by Gasteiger charge is -2.14. The summed E-state index contributed by atoms with van der Waals surface area (Å²) in [6.07, 6.45) is -3.23. The van der Waals surface area contributed by atoms with Gasteiger partial charge in [-0.05, 0) is 24.6 Å². The van der Waals surface area contributed by atoms with Crippen LogP contribution < -0.4 is 0 Å². The van der Waals surface area contributed by atoms with E-state index < -0.39 is 26.8 Å². The Bertz CT molecular complexity index is 796. The average Bonchev–Trinajstić information content (AvgIpc) is 2.87. The van der Waals surface area contributed by atoms with Crippen LogP contribution in [0.25, 0.3) is 0 Å². The molecule has 1 N–H and O–H groups in total. The van der Waals surface area contributed by atoms with Crippen LogP contribution in [-0.2, 0) is 29.7 Å². The van der Waals surface area contributed by atoms with Gasteiger partial charge in [0.25, 0.3) is 0 Å². The summed E-state index contributed by atoms with van der Waals surface area (Å²) in [5, 5.41) is 7.78. The Balaban J connectivity index is 2.38. The number of alkyl halides is 3. The number of aliphatic hydroxyl groups excluding tert-OH is 1. The molecule has 0 fully saturated rings. The number of imidazole rings is 1. The maximum absolute atomic E-state index is 12.6. The SMILES string of the molecule is CC(c1ccc(C(F)(F)F)cc1)S(=O)(=O)c1ncc(CO)n1C. The van der Waals surface area contributed by atoms with E-state index in [9.17, 15) is 21.6 Å². The van der Waals surface area contributed by atoms with Crippen molar-refractivity contribution in [3.05, 3.63) is 47.3 Å². The lowest BCUT2D eigenvalue weighted by molar-refractivity contribution is -0.137. The van der Waals surface area contributed by atoms with Crippen molar-refractivity contribution in [3.63, 3.8) is 0 Å². The number of aliphatic hydroxyl groups is 1. The van der Waals surface area contributed by atoms with Gasteiger partial charge in [0.2, 0.25) is 15.0 Å². The first-order valence-electron chi connectivity index (χ1n) is 6.61. The molecule has 0 saturated carbocycles. The fourth-order valence-corrected chi connectivity index (χ4v) is 3.65. The first-order chi connectivity index (χ1) is 10.6. The highest BCUT2D eigenvalue weighted by molar-refractivity contribution is 7.91. The minimum absolute atomic E-state index is 0.228. The first kappa shape index (κ1) is 17.5. The fraction of sp³-hybridized carbons (Fsp3) is 0.357. The highest BCUT2D eigenvalue weighted by Gasteiger charge is 2.32. The van der Waals surface area contributed by atoms with E-state index in [-0.39, 0.29) is 17.3 Å². The molecule has 1 unspecified atom stereocenters. The quantitative estimate of drug-likeness (QED) is 0.921. The maximum atomic E-state index is 12.6. The van der Waals surface area contributed by atoms with Gasteiger partial charge in [0.15, 0.2) is 0 Å². The molecule has 0 aliphatic carbocycles. The smallest absolute Gasteiger partial charge is 0.390 e. The number of hydrogen-bond acceptors (Lipinski definition) is 4. The number of hydrogen-bond donors (Lipinski definition) is 1. The molecule has 1 aromatic heterocycles. The minimum atomic E-state index is -4.48.